The Bertz CT molecular complexity index is 406. The van der Waals surface area contributed by atoms with E-state index in [0.717, 1.165) is 30.0 Å². The second kappa shape index (κ2) is 4.30. The van der Waals surface area contributed by atoms with E-state index in [-0.39, 0.29) is 11.5 Å². The van der Waals surface area contributed by atoms with Crippen LogP contribution in [0.4, 0.5) is 0 Å². The number of thiazole rings is 1. The Kier molecular flexibility index (Phi) is 3.17. The molecule has 88 valence electrons. The van der Waals surface area contributed by atoms with Crippen LogP contribution in [0, 0.1) is 12.3 Å². The first kappa shape index (κ1) is 11.8. The first-order valence-electron chi connectivity index (χ1n) is 5.73. The molecule has 0 aliphatic heterocycles. The molecule has 3 heteroatoms. The molecule has 2 nitrogen and oxygen atoms in total. The fraction of sp³-hybridized carbons (Fsp3) is 0.615. The van der Waals surface area contributed by atoms with Crippen LogP contribution in [-0.4, -0.2) is 16.2 Å². The summed E-state index contributed by atoms with van der Waals surface area (Å²) in [6, 6.07) is 0. The molecular weight excluding hydrogens is 218 g/mol. The van der Waals surface area contributed by atoms with E-state index < -0.39 is 0 Å². The highest BCUT2D eigenvalue weighted by Crippen LogP contribution is 2.36. The normalized spacial score (nSPS) is 24.2. The Hall–Kier alpha value is -0.670. The first-order valence-corrected chi connectivity index (χ1v) is 6.61. The van der Waals surface area contributed by atoms with E-state index in [1.807, 2.05) is 13.0 Å². The molecule has 0 bridgehead atoms. The van der Waals surface area contributed by atoms with Crippen molar-refractivity contribution in [3.8, 4) is 0 Å². The summed E-state index contributed by atoms with van der Waals surface area (Å²) >= 11 is 1.71. The Labute approximate surface area is 101 Å². The monoisotopic (exact) mass is 237 g/mol. The number of hydrogen-bond donors (Lipinski definition) is 1. The van der Waals surface area contributed by atoms with Gasteiger partial charge in [0.2, 0.25) is 0 Å². The van der Waals surface area contributed by atoms with Crippen LogP contribution in [0.5, 0.6) is 0 Å². The highest BCUT2D eigenvalue weighted by molar-refractivity contribution is 7.09. The zero-order chi connectivity index (χ0) is 11.8. The molecule has 0 amide bonds. The molecule has 1 atom stereocenters. The van der Waals surface area contributed by atoms with E-state index in [0.29, 0.717) is 0 Å². The first-order chi connectivity index (χ1) is 7.44. The molecule has 1 unspecified atom stereocenters. The van der Waals surface area contributed by atoms with Gasteiger partial charge in [-0.2, -0.15) is 0 Å². The maximum atomic E-state index is 9.81. The van der Waals surface area contributed by atoms with Crippen molar-refractivity contribution in [1.82, 2.24) is 4.98 Å². The van der Waals surface area contributed by atoms with E-state index in [1.165, 1.54) is 5.57 Å². The van der Waals surface area contributed by atoms with E-state index >= 15 is 0 Å². The zero-order valence-electron chi connectivity index (χ0n) is 10.2. The number of allylic oxidation sites excluding steroid dienone is 1. The third-order valence-corrected chi connectivity index (χ3v) is 3.91. The Balaban J connectivity index is 2.10. The van der Waals surface area contributed by atoms with Gasteiger partial charge in [-0.15, -0.1) is 11.3 Å². The van der Waals surface area contributed by atoms with Gasteiger partial charge in [0.15, 0.2) is 0 Å². The fourth-order valence-electron chi connectivity index (χ4n) is 2.44. The van der Waals surface area contributed by atoms with Gasteiger partial charge in [-0.05, 0) is 25.2 Å². The summed E-state index contributed by atoms with van der Waals surface area (Å²) in [6.07, 6.45) is 4.58. The molecule has 0 saturated heterocycles. The minimum Gasteiger partial charge on any atom is -0.389 e. The molecule has 0 saturated carbocycles. The lowest BCUT2D eigenvalue weighted by Gasteiger charge is -2.32. The average molecular weight is 237 g/mol. The molecule has 1 aliphatic rings. The minimum absolute atomic E-state index is 0.218. The van der Waals surface area contributed by atoms with Crippen molar-refractivity contribution in [2.75, 3.05) is 0 Å². The molecule has 1 aliphatic carbocycles. The van der Waals surface area contributed by atoms with Crippen molar-refractivity contribution in [3.05, 3.63) is 27.7 Å². The van der Waals surface area contributed by atoms with E-state index in [4.69, 9.17) is 0 Å². The lowest BCUT2D eigenvalue weighted by molar-refractivity contribution is 0.138. The van der Waals surface area contributed by atoms with Crippen LogP contribution in [0.15, 0.2) is 17.0 Å². The molecule has 1 N–H and O–H groups in total. The summed E-state index contributed by atoms with van der Waals surface area (Å²) in [4.78, 5) is 4.47. The standard InChI is InChI=1S/C13H19NOS/c1-9-8-16-12(14-9)5-10-4-11(15)7-13(2,3)6-10/h4,8,11,15H,5-7H2,1-3H3. The van der Waals surface area contributed by atoms with Crippen molar-refractivity contribution >= 4 is 11.3 Å². The molecule has 1 aromatic rings. The summed E-state index contributed by atoms with van der Waals surface area (Å²) in [5, 5.41) is 13.0. The molecule has 0 radical (unpaired) electrons. The summed E-state index contributed by atoms with van der Waals surface area (Å²) in [5.74, 6) is 0. The second-order valence-corrected chi connectivity index (χ2v) is 6.44. The van der Waals surface area contributed by atoms with Crippen LogP contribution in [0.25, 0.3) is 0 Å². The highest BCUT2D eigenvalue weighted by atomic mass is 32.1. The van der Waals surface area contributed by atoms with Gasteiger partial charge in [-0.25, -0.2) is 4.98 Å². The number of hydrogen-bond acceptors (Lipinski definition) is 3. The van der Waals surface area contributed by atoms with E-state index in [9.17, 15) is 5.11 Å². The number of aliphatic hydroxyl groups is 1. The lowest BCUT2D eigenvalue weighted by atomic mass is 9.75. The van der Waals surface area contributed by atoms with Crippen LogP contribution in [0.2, 0.25) is 0 Å². The van der Waals surface area contributed by atoms with E-state index in [2.05, 4.69) is 24.2 Å². The maximum Gasteiger partial charge on any atom is 0.0968 e. The molecule has 0 aromatic carbocycles. The predicted molar refractivity (Wildman–Crippen MR) is 67.7 cm³/mol. The van der Waals surface area contributed by atoms with Crippen molar-refractivity contribution in [3.63, 3.8) is 0 Å². The summed E-state index contributed by atoms with van der Waals surface area (Å²) in [6.45, 7) is 6.46. The third-order valence-electron chi connectivity index (χ3n) is 2.94. The highest BCUT2D eigenvalue weighted by Gasteiger charge is 2.27. The van der Waals surface area contributed by atoms with Crippen molar-refractivity contribution < 1.29 is 5.11 Å². The molecule has 1 heterocycles. The quantitative estimate of drug-likeness (QED) is 0.802. The van der Waals surface area contributed by atoms with Crippen molar-refractivity contribution in [1.29, 1.82) is 0 Å². The zero-order valence-corrected chi connectivity index (χ0v) is 11.0. The van der Waals surface area contributed by atoms with Crippen LogP contribution in [-0.2, 0) is 6.42 Å². The van der Waals surface area contributed by atoms with Gasteiger partial charge in [0, 0.05) is 17.5 Å². The van der Waals surface area contributed by atoms with Crippen LogP contribution in [0.1, 0.15) is 37.4 Å². The molecular formula is C13H19NOS. The maximum absolute atomic E-state index is 9.81. The lowest BCUT2D eigenvalue weighted by Crippen LogP contribution is -2.25. The Morgan fingerprint density at radius 1 is 1.56 bits per heavy atom. The molecule has 0 spiro atoms. The smallest absolute Gasteiger partial charge is 0.0968 e. The Morgan fingerprint density at radius 2 is 2.31 bits per heavy atom. The molecule has 1 aromatic heterocycles. The Morgan fingerprint density at radius 3 is 2.88 bits per heavy atom. The fourth-order valence-corrected chi connectivity index (χ4v) is 3.27. The largest absolute Gasteiger partial charge is 0.389 e. The van der Waals surface area contributed by atoms with Crippen molar-refractivity contribution in [2.45, 2.75) is 46.1 Å². The number of aromatic nitrogens is 1. The van der Waals surface area contributed by atoms with Gasteiger partial charge >= 0.3 is 0 Å². The summed E-state index contributed by atoms with van der Waals surface area (Å²) in [7, 11) is 0. The van der Waals surface area contributed by atoms with Gasteiger partial charge in [-0.3, -0.25) is 0 Å². The SMILES string of the molecule is Cc1csc(CC2=CC(O)CC(C)(C)C2)n1. The number of nitrogens with zero attached hydrogens (tertiary/aromatic N) is 1. The topological polar surface area (TPSA) is 33.1 Å². The van der Waals surface area contributed by atoms with Gasteiger partial charge in [0.1, 0.15) is 0 Å². The van der Waals surface area contributed by atoms with Gasteiger partial charge in [-0.1, -0.05) is 25.5 Å². The molecule has 0 fully saturated rings. The van der Waals surface area contributed by atoms with Crippen LogP contribution >= 0.6 is 11.3 Å². The minimum atomic E-state index is -0.278. The van der Waals surface area contributed by atoms with Gasteiger partial charge in [0.05, 0.1) is 11.1 Å². The second-order valence-electron chi connectivity index (χ2n) is 5.50. The van der Waals surface area contributed by atoms with Gasteiger partial charge in [0.25, 0.3) is 0 Å². The summed E-state index contributed by atoms with van der Waals surface area (Å²) in [5.41, 5.74) is 2.64. The number of aliphatic hydroxyl groups excluding tert-OH is 1. The number of aryl methyl sites for hydroxylation is 1. The van der Waals surface area contributed by atoms with Crippen LogP contribution < -0.4 is 0 Å². The van der Waals surface area contributed by atoms with Crippen molar-refractivity contribution in [2.24, 2.45) is 5.41 Å². The average Bonchev–Trinajstić information content (AvgIpc) is 2.46. The summed E-state index contributed by atoms with van der Waals surface area (Å²) < 4.78 is 0. The third kappa shape index (κ3) is 2.92. The van der Waals surface area contributed by atoms with Gasteiger partial charge < -0.3 is 5.11 Å². The van der Waals surface area contributed by atoms with E-state index in [1.54, 1.807) is 11.3 Å². The molecule has 16 heavy (non-hydrogen) atoms. The molecule has 2 rings (SSSR count). The number of rotatable bonds is 2. The predicted octanol–water partition coefficient (Wildman–Crippen LogP) is 3.10. The van der Waals surface area contributed by atoms with Crippen LogP contribution in [0.3, 0.4) is 0 Å².